The van der Waals surface area contributed by atoms with Crippen LogP contribution in [0.5, 0.6) is 0 Å². The van der Waals surface area contributed by atoms with Crippen LogP contribution in [0.4, 0.5) is 0 Å². The average molecular weight is 669 g/mol. The number of allylic oxidation sites excluding steroid dienone is 1. The highest BCUT2D eigenvalue weighted by molar-refractivity contribution is 8.18. The molecule has 0 saturated carbocycles. The fourth-order valence-electron chi connectivity index (χ4n) is 7.10. The molecule has 45 heavy (non-hydrogen) atoms. The number of rotatable bonds is 6. The third-order valence-electron chi connectivity index (χ3n) is 9.41. The summed E-state index contributed by atoms with van der Waals surface area (Å²) < 4.78 is 0. The fraction of sp³-hybridized carbons (Fsp3) is 0.471. The third kappa shape index (κ3) is 5.99. The van der Waals surface area contributed by atoms with Gasteiger partial charge in [-0.1, -0.05) is 68.2 Å². The number of benzene rings is 2. The molecule has 0 aromatic heterocycles. The SMILES string of the molecule is CC[C@@H]1CC[C@@H](C(=O)N2CCN(C(C)=O)CC2)N1C(=O)C1=C(C(C)C)N2C(=N[C@@H](c3ccc(Cl)cc3)[C@H]2c2ccc(Cl)cc2)S1. The molecule has 4 heterocycles. The van der Waals surface area contributed by atoms with E-state index in [1.165, 1.54) is 11.8 Å². The van der Waals surface area contributed by atoms with E-state index >= 15 is 0 Å². The molecule has 8 nitrogen and oxygen atoms in total. The Morgan fingerprint density at radius 3 is 2.02 bits per heavy atom. The first-order chi connectivity index (χ1) is 21.6. The zero-order valence-electron chi connectivity index (χ0n) is 26.1. The zero-order valence-corrected chi connectivity index (χ0v) is 28.4. The topological polar surface area (TPSA) is 76.5 Å². The van der Waals surface area contributed by atoms with Crippen molar-refractivity contribution in [2.75, 3.05) is 26.2 Å². The largest absolute Gasteiger partial charge is 0.339 e. The molecule has 2 fully saturated rings. The number of aliphatic imine (C=N–C) groups is 1. The second-order valence-corrected chi connectivity index (χ2v) is 14.3. The van der Waals surface area contributed by atoms with E-state index in [0.29, 0.717) is 47.6 Å². The van der Waals surface area contributed by atoms with Gasteiger partial charge in [-0.05, 0) is 72.3 Å². The number of carbonyl (C=O) groups excluding carboxylic acids is 3. The molecule has 4 atom stereocenters. The van der Waals surface area contributed by atoms with Crippen molar-refractivity contribution in [2.45, 2.75) is 71.1 Å². The standard InChI is InChI=1S/C34H39Cl2N5O3S/c1-5-26-14-15-27(32(43)39-18-16-38(17-19-39)21(4)42)40(26)33(44)31-29(20(2)3)41-30(23-8-12-25(36)13-9-23)28(37-34(41)45-31)22-6-10-24(35)11-7-22/h6-13,20,26-28,30H,5,14-19H2,1-4H3/t26-,27+,28+,30-/m1/s1. The van der Waals surface area contributed by atoms with Gasteiger partial charge in [0.1, 0.15) is 17.0 Å². The molecule has 6 rings (SSSR count). The Morgan fingerprint density at radius 1 is 0.889 bits per heavy atom. The van der Waals surface area contributed by atoms with Gasteiger partial charge in [0.2, 0.25) is 11.8 Å². The summed E-state index contributed by atoms with van der Waals surface area (Å²) in [7, 11) is 0. The minimum Gasteiger partial charge on any atom is -0.339 e. The maximum Gasteiger partial charge on any atom is 0.263 e. The van der Waals surface area contributed by atoms with Crippen LogP contribution in [-0.2, 0) is 14.4 Å². The van der Waals surface area contributed by atoms with Gasteiger partial charge in [-0.2, -0.15) is 0 Å². The van der Waals surface area contributed by atoms with Crippen molar-refractivity contribution < 1.29 is 14.4 Å². The van der Waals surface area contributed by atoms with Crippen LogP contribution in [0.1, 0.15) is 70.2 Å². The van der Waals surface area contributed by atoms with Crippen LogP contribution >= 0.6 is 35.0 Å². The van der Waals surface area contributed by atoms with Gasteiger partial charge < -0.3 is 19.6 Å². The van der Waals surface area contributed by atoms with Crippen LogP contribution in [0.3, 0.4) is 0 Å². The maximum absolute atomic E-state index is 14.7. The van der Waals surface area contributed by atoms with E-state index < -0.39 is 6.04 Å². The van der Waals surface area contributed by atoms with Gasteiger partial charge >= 0.3 is 0 Å². The van der Waals surface area contributed by atoms with Crippen LogP contribution in [-0.4, -0.2) is 80.8 Å². The number of piperazine rings is 1. The Labute approximate surface area is 279 Å². The van der Waals surface area contributed by atoms with Gasteiger partial charge in [-0.15, -0.1) is 0 Å². The quantitative estimate of drug-likeness (QED) is 0.351. The van der Waals surface area contributed by atoms with E-state index in [2.05, 4.69) is 25.7 Å². The smallest absolute Gasteiger partial charge is 0.263 e. The molecule has 4 aliphatic rings. The Balaban J connectivity index is 1.34. The van der Waals surface area contributed by atoms with Gasteiger partial charge in [-0.25, -0.2) is 0 Å². The van der Waals surface area contributed by atoms with E-state index in [9.17, 15) is 14.4 Å². The number of likely N-dealkylation sites (tertiary alicyclic amines) is 1. The summed E-state index contributed by atoms with van der Waals surface area (Å²) in [6.45, 7) is 9.88. The summed E-state index contributed by atoms with van der Waals surface area (Å²) in [4.78, 5) is 54.0. The first kappa shape index (κ1) is 32.0. The molecule has 0 N–H and O–H groups in total. The normalized spacial score (nSPS) is 24.9. The minimum absolute atomic E-state index is 0.0160. The number of hydrogen-bond acceptors (Lipinski definition) is 6. The summed E-state index contributed by atoms with van der Waals surface area (Å²) in [6, 6.07) is 14.7. The van der Waals surface area contributed by atoms with Crippen LogP contribution < -0.4 is 0 Å². The molecule has 2 aromatic rings. The lowest BCUT2D eigenvalue weighted by Crippen LogP contribution is -2.56. The molecule has 0 unspecified atom stereocenters. The summed E-state index contributed by atoms with van der Waals surface area (Å²) in [5.41, 5.74) is 3.03. The molecule has 0 bridgehead atoms. The first-order valence-electron chi connectivity index (χ1n) is 15.8. The zero-order chi connectivity index (χ0) is 32.0. The Morgan fingerprint density at radius 2 is 1.47 bits per heavy atom. The number of hydrogen-bond donors (Lipinski definition) is 0. The molecule has 2 saturated heterocycles. The molecule has 0 aliphatic carbocycles. The fourth-order valence-corrected chi connectivity index (χ4v) is 8.64. The van der Waals surface area contributed by atoms with Gasteiger partial charge in [0.15, 0.2) is 5.17 Å². The van der Waals surface area contributed by atoms with Crippen molar-refractivity contribution in [3.8, 4) is 0 Å². The van der Waals surface area contributed by atoms with E-state index in [4.69, 9.17) is 28.2 Å². The van der Waals surface area contributed by atoms with Crippen LogP contribution in [0.2, 0.25) is 10.0 Å². The van der Waals surface area contributed by atoms with Crippen molar-refractivity contribution in [1.82, 2.24) is 19.6 Å². The van der Waals surface area contributed by atoms with Gasteiger partial charge in [0.25, 0.3) is 5.91 Å². The van der Waals surface area contributed by atoms with E-state index in [1.54, 1.807) is 11.8 Å². The van der Waals surface area contributed by atoms with Crippen molar-refractivity contribution in [3.05, 3.63) is 80.3 Å². The molecular formula is C34H39Cl2N5O3S. The number of fused-ring (bicyclic) bond motifs is 1. The van der Waals surface area contributed by atoms with E-state index in [0.717, 1.165) is 34.8 Å². The Hall–Kier alpha value is -3.01. The van der Waals surface area contributed by atoms with E-state index in [1.807, 2.05) is 58.3 Å². The van der Waals surface area contributed by atoms with Gasteiger partial charge in [0, 0.05) is 54.9 Å². The number of thioether (sulfide) groups is 1. The number of carbonyl (C=O) groups is 3. The van der Waals surface area contributed by atoms with Crippen LogP contribution in [0.15, 0.2) is 64.1 Å². The van der Waals surface area contributed by atoms with Gasteiger partial charge in [-0.3, -0.25) is 19.4 Å². The molecule has 4 aliphatic heterocycles. The molecular weight excluding hydrogens is 629 g/mol. The van der Waals surface area contributed by atoms with Crippen LogP contribution in [0.25, 0.3) is 0 Å². The number of amides is 3. The van der Waals surface area contributed by atoms with Gasteiger partial charge in [0.05, 0.1) is 6.04 Å². The summed E-state index contributed by atoms with van der Waals surface area (Å²) in [6.07, 6.45) is 2.21. The molecule has 0 radical (unpaired) electrons. The number of halogens is 2. The van der Waals surface area contributed by atoms with Crippen molar-refractivity contribution in [3.63, 3.8) is 0 Å². The molecule has 11 heteroatoms. The predicted molar refractivity (Wildman–Crippen MR) is 180 cm³/mol. The predicted octanol–water partition coefficient (Wildman–Crippen LogP) is 6.52. The summed E-state index contributed by atoms with van der Waals surface area (Å²) in [5, 5.41) is 2.11. The lowest BCUT2D eigenvalue weighted by molar-refractivity contribution is -0.146. The number of amidine groups is 1. The lowest BCUT2D eigenvalue weighted by Gasteiger charge is -2.38. The molecule has 238 valence electrons. The van der Waals surface area contributed by atoms with E-state index in [-0.39, 0.29) is 41.8 Å². The van der Waals surface area contributed by atoms with Crippen molar-refractivity contribution >= 4 is 57.9 Å². The van der Waals surface area contributed by atoms with Crippen molar-refractivity contribution in [2.24, 2.45) is 10.9 Å². The highest BCUT2D eigenvalue weighted by Crippen LogP contribution is 2.54. The van der Waals surface area contributed by atoms with Crippen LogP contribution in [0, 0.1) is 5.92 Å². The second kappa shape index (κ2) is 13.0. The molecule has 3 amide bonds. The molecule has 0 spiro atoms. The monoisotopic (exact) mass is 667 g/mol. The highest BCUT2D eigenvalue weighted by atomic mass is 35.5. The maximum atomic E-state index is 14.7. The minimum atomic E-state index is -0.515. The Bertz CT molecular complexity index is 1540. The van der Waals surface area contributed by atoms with Crippen molar-refractivity contribution in [1.29, 1.82) is 0 Å². The second-order valence-electron chi connectivity index (χ2n) is 12.4. The highest BCUT2D eigenvalue weighted by Gasteiger charge is 2.50. The lowest BCUT2D eigenvalue weighted by atomic mass is 9.92. The Kier molecular flexibility index (Phi) is 9.24. The summed E-state index contributed by atoms with van der Waals surface area (Å²) in [5.74, 6) is -0.0593. The third-order valence-corrected chi connectivity index (χ3v) is 11.0. The summed E-state index contributed by atoms with van der Waals surface area (Å²) >= 11 is 14.0. The first-order valence-corrected chi connectivity index (χ1v) is 17.3. The number of nitrogens with zero attached hydrogens (tertiary/aromatic N) is 5. The average Bonchev–Trinajstić information content (AvgIpc) is 3.73. The molecule has 2 aromatic carbocycles.